The molecule has 0 saturated carbocycles. The van der Waals surface area contributed by atoms with Crippen LogP contribution < -0.4 is 0 Å². The molecular formula is C28H28. The third kappa shape index (κ3) is 5.48. The highest BCUT2D eigenvalue weighted by molar-refractivity contribution is 5.53. The van der Waals surface area contributed by atoms with Gasteiger partial charge in [-0.1, -0.05) is 80.3 Å². The number of hydrogen-bond donors (Lipinski definition) is 0. The van der Waals surface area contributed by atoms with E-state index >= 15 is 0 Å². The maximum absolute atomic E-state index is 3.90. The maximum Gasteiger partial charge on any atom is 0.0249 e. The first-order valence-electron chi connectivity index (χ1n) is 10.1. The minimum Gasteiger partial charge on any atom is -0.0985 e. The third-order valence-electron chi connectivity index (χ3n) is 5.05. The molecule has 0 bridgehead atoms. The van der Waals surface area contributed by atoms with Crippen LogP contribution in [0.15, 0.2) is 73.3 Å². The first-order chi connectivity index (χ1) is 13.7. The lowest BCUT2D eigenvalue weighted by molar-refractivity contribution is 0.795. The molecule has 3 aromatic rings. The van der Waals surface area contributed by atoms with Crippen molar-refractivity contribution in [3.63, 3.8) is 0 Å². The van der Waals surface area contributed by atoms with Crippen molar-refractivity contribution in [1.82, 2.24) is 0 Å². The van der Waals surface area contributed by atoms with Gasteiger partial charge in [0.1, 0.15) is 0 Å². The molecule has 140 valence electrons. The lowest BCUT2D eigenvalue weighted by Gasteiger charge is -2.06. The first kappa shape index (κ1) is 19.7. The Labute approximate surface area is 170 Å². The molecule has 3 aromatic carbocycles. The molecule has 0 saturated heterocycles. The van der Waals surface area contributed by atoms with Gasteiger partial charge in [-0.05, 0) is 78.3 Å². The summed E-state index contributed by atoms with van der Waals surface area (Å²) >= 11 is 0. The van der Waals surface area contributed by atoms with Crippen molar-refractivity contribution in [2.75, 3.05) is 0 Å². The predicted octanol–water partition coefficient (Wildman–Crippen LogP) is 6.97. The highest BCUT2D eigenvalue weighted by atomic mass is 14.0. The molecule has 0 nitrogen and oxygen atoms in total. The van der Waals surface area contributed by atoms with E-state index < -0.39 is 0 Å². The van der Waals surface area contributed by atoms with Crippen LogP contribution in [-0.2, 0) is 12.8 Å². The van der Waals surface area contributed by atoms with Gasteiger partial charge in [-0.2, -0.15) is 0 Å². The van der Waals surface area contributed by atoms with Gasteiger partial charge in [-0.25, -0.2) is 0 Å². The van der Waals surface area contributed by atoms with Crippen molar-refractivity contribution in [3.05, 3.63) is 112 Å². The second-order valence-electron chi connectivity index (χ2n) is 7.32. The number of aryl methyl sites for hydroxylation is 2. The summed E-state index contributed by atoms with van der Waals surface area (Å²) < 4.78 is 0. The quantitative estimate of drug-likeness (QED) is 0.414. The third-order valence-corrected chi connectivity index (χ3v) is 5.05. The molecule has 28 heavy (non-hydrogen) atoms. The Hall–Kier alpha value is -3.04. The normalized spacial score (nSPS) is 10.2. The summed E-state index contributed by atoms with van der Waals surface area (Å²) in [6, 6.07) is 23.8. The molecule has 0 atom stereocenters. The van der Waals surface area contributed by atoms with Crippen molar-refractivity contribution in [2.45, 2.75) is 39.5 Å². The molecule has 0 aliphatic rings. The lowest BCUT2D eigenvalue weighted by Crippen LogP contribution is -1.91. The van der Waals surface area contributed by atoms with Gasteiger partial charge in [-0.15, -0.1) is 0 Å². The van der Waals surface area contributed by atoms with Crippen LogP contribution in [0.5, 0.6) is 0 Å². The Bertz CT molecular complexity index is 977. The fraction of sp³-hybridized carbons (Fsp3) is 0.214. The van der Waals surface area contributed by atoms with Gasteiger partial charge in [0.15, 0.2) is 0 Å². The van der Waals surface area contributed by atoms with Crippen LogP contribution >= 0.6 is 0 Å². The molecule has 0 N–H and O–H groups in total. The van der Waals surface area contributed by atoms with Crippen LogP contribution in [-0.4, -0.2) is 0 Å². The summed E-state index contributed by atoms with van der Waals surface area (Å²) in [5, 5.41) is 0. The smallest absolute Gasteiger partial charge is 0.0249 e. The molecule has 0 aromatic heterocycles. The van der Waals surface area contributed by atoms with Gasteiger partial charge in [0, 0.05) is 11.1 Å². The Morgan fingerprint density at radius 2 is 1.36 bits per heavy atom. The summed E-state index contributed by atoms with van der Waals surface area (Å²) in [6.07, 6.45) is 6.48. The van der Waals surface area contributed by atoms with E-state index in [4.69, 9.17) is 0 Å². The topological polar surface area (TPSA) is 0 Å². The monoisotopic (exact) mass is 364 g/mol. The second-order valence-corrected chi connectivity index (χ2v) is 7.32. The summed E-state index contributed by atoms with van der Waals surface area (Å²) in [7, 11) is 0. The molecule has 0 unspecified atom stereocenters. The van der Waals surface area contributed by atoms with Crippen LogP contribution in [0.2, 0.25) is 0 Å². The SMILES string of the molecule is C=Cc1cc(Cc2ccc(C#Cc3ccc(CCCC)cc3)cc2)ccc1C. The fourth-order valence-electron chi connectivity index (χ4n) is 3.24. The van der Waals surface area contributed by atoms with Crippen LogP contribution in [0, 0.1) is 18.8 Å². The van der Waals surface area contributed by atoms with E-state index in [-0.39, 0.29) is 0 Å². The highest BCUT2D eigenvalue weighted by Crippen LogP contribution is 2.16. The molecule has 0 radical (unpaired) electrons. The minimum absolute atomic E-state index is 0.925. The van der Waals surface area contributed by atoms with E-state index in [1.165, 1.54) is 40.7 Å². The van der Waals surface area contributed by atoms with E-state index in [0.29, 0.717) is 0 Å². The van der Waals surface area contributed by atoms with Crippen LogP contribution in [0.1, 0.15) is 58.7 Å². The zero-order valence-electron chi connectivity index (χ0n) is 17.0. The highest BCUT2D eigenvalue weighted by Gasteiger charge is 2.00. The van der Waals surface area contributed by atoms with Gasteiger partial charge in [-0.3, -0.25) is 0 Å². The van der Waals surface area contributed by atoms with Crippen LogP contribution in [0.3, 0.4) is 0 Å². The van der Waals surface area contributed by atoms with Crippen molar-refractivity contribution < 1.29 is 0 Å². The van der Waals surface area contributed by atoms with Crippen LogP contribution in [0.4, 0.5) is 0 Å². The number of unbranched alkanes of at least 4 members (excludes halogenated alkanes) is 1. The zero-order valence-corrected chi connectivity index (χ0v) is 17.0. The van der Waals surface area contributed by atoms with E-state index in [0.717, 1.165) is 24.0 Å². The van der Waals surface area contributed by atoms with E-state index in [1.807, 2.05) is 6.08 Å². The molecule has 0 amide bonds. The zero-order chi connectivity index (χ0) is 19.8. The summed E-state index contributed by atoms with van der Waals surface area (Å²) in [6.45, 7) is 8.24. The molecule has 0 heterocycles. The molecule has 0 aliphatic carbocycles. The van der Waals surface area contributed by atoms with E-state index in [1.54, 1.807) is 0 Å². The number of rotatable bonds is 6. The Morgan fingerprint density at radius 3 is 1.93 bits per heavy atom. The van der Waals surface area contributed by atoms with Gasteiger partial charge in [0.05, 0.1) is 0 Å². The summed E-state index contributed by atoms with van der Waals surface area (Å²) in [5.41, 5.74) is 8.60. The van der Waals surface area contributed by atoms with Gasteiger partial charge < -0.3 is 0 Å². The van der Waals surface area contributed by atoms with Crippen molar-refractivity contribution in [1.29, 1.82) is 0 Å². The number of hydrogen-bond acceptors (Lipinski definition) is 0. The second kappa shape index (κ2) is 9.77. The average molecular weight is 365 g/mol. The molecular weight excluding hydrogens is 336 g/mol. The fourth-order valence-corrected chi connectivity index (χ4v) is 3.24. The minimum atomic E-state index is 0.925. The standard InChI is InChI=1S/C28H28/c1-4-6-7-23-10-12-24(13-11-23)14-15-25-16-18-26(19-17-25)20-27-9-8-22(3)28(5-2)21-27/h5,8-13,16-19,21H,2,4,6-7,20H2,1,3H3. The molecule has 0 aliphatic heterocycles. The summed E-state index contributed by atoms with van der Waals surface area (Å²) in [5.74, 6) is 6.55. The first-order valence-corrected chi connectivity index (χ1v) is 10.1. The molecule has 0 fully saturated rings. The molecule has 3 rings (SSSR count). The Morgan fingerprint density at radius 1 is 0.786 bits per heavy atom. The van der Waals surface area contributed by atoms with Crippen molar-refractivity contribution in [3.8, 4) is 11.8 Å². The van der Waals surface area contributed by atoms with Gasteiger partial charge in [0.25, 0.3) is 0 Å². The lowest BCUT2D eigenvalue weighted by atomic mass is 9.99. The molecule has 0 spiro atoms. The Balaban J connectivity index is 1.65. The van der Waals surface area contributed by atoms with Crippen molar-refractivity contribution >= 4 is 6.08 Å². The van der Waals surface area contributed by atoms with E-state index in [9.17, 15) is 0 Å². The molecule has 0 heteroatoms. The van der Waals surface area contributed by atoms with Crippen LogP contribution in [0.25, 0.3) is 6.08 Å². The van der Waals surface area contributed by atoms with Gasteiger partial charge in [0.2, 0.25) is 0 Å². The Kier molecular flexibility index (Phi) is 6.88. The van der Waals surface area contributed by atoms with Crippen molar-refractivity contribution in [2.24, 2.45) is 0 Å². The number of benzene rings is 3. The largest absolute Gasteiger partial charge is 0.0985 e. The maximum atomic E-state index is 3.90. The van der Waals surface area contributed by atoms with E-state index in [2.05, 4.69) is 99.0 Å². The predicted molar refractivity (Wildman–Crippen MR) is 122 cm³/mol. The summed E-state index contributed by atoms with van der Waals surface area (Å²) in [4.78, 5) is 0. The average Bonchev–Trinajstić information content (AvgIpc) is 2.74. The van der Waals surface area contributed by atoms with Gasteiger partial charge >= 0.3 is 0 Å².